The lowest BCUT2D eigenvalue weighted by Gasteiger charge is -2.40. The molecule has 31 heavy (non-hydrogen) atoms. The van der Waals surface area contributed by atoms with Crippen molar-refractivity contribution in [3.63, 3.8) is 0 Å². The molecule has 1 saturated carbocycles. The molecule has 1 aliphatic heterocycles. The van der Waals surface area contributed by atoms with Gasteiger partial charge in [-0.1, -0.05) is 43.5 Å². The summed E-state index contributed by atoms with van der Waals surface area (Å²) in [6, 6.07) is 6.68. The maximum atomic E-state index is 13.8. The molecule has 7 nitrogen and oxygen atoms in total. The van der Waals surface area contributed by atoms with Crippen LogP contribution in [0.2, 0.25) is 0 Å². The second-order valence-corrected chi connectivity index (χ2v) is 9.71. The molecule has 0 bridgehead atoms. The van der Waals surface area contributed by atoms with E-state index in [4.69, 9.17) is 4.74 Å². The van der Waals surface area contributed by atoms with Crippen LogP contribution in [-0.4, -0.2) is 45.7 Å². The molecular weight excluding hydrogens is 396 g/mol. The number of carbonyl (C=O) groups is 3. The van der Waals surface area contributed by atoms with Crippen LogP contribution < -0.4 is 5.32 Å². The third-order valence-electron chi connectivity index (χ3n) is 6.11. The Morgan fingerprint density at radius 2 is 1.77 bits per heavy atom. The van der Waals surface area contributed by atoms with Crippen molar-refractivity contribution >= 4 is 18.0 Å². The first-order valence-electron chi connectivity index (χ1n) is 11.2. The van der Waals surface area contributed by atoms with Crippen molar-refractivity contribution in [2.75, 3.05) is 0 Å². The summed E-state index contributed by atoms with van der Waals surface area (Å²) in [5.74, 6) is -1.12. The summed E-state index contributed by atoms with van der Waals surface area (Å²) in [5.41, 5.74) is 1.43. The molecule has 170 valence electrons. The molecule has 0 radical (unpaired) electrons. The zero-order valence-corrected chi connectivity index (χ0v) is 18.7. The first-order valence-corrected chi connectivity index (χ1v) is 11.2. The van der Waals surface area contributed by atoms with Crippen LogP contribution in [0.4, 0.5) is 4.79 Å². The molecule has 7 heteroatoms. The van der Waals surface area contributed by atoms with Crippen molar-refractivity contribution in [1.82, 2.24) is 10.2 Å². The van der Waals surface area contributed by atoms with Crippen molar-refractivity contribution in [3.8, 4) is 0 Å². The van der Waals surface area contributed by atoms with Crippen LogP contribution in [0.25, 0.3) is 0 Å². The number of alkyl carbamates (subject to hydrolysis) is 1. The van der Waals surface area contributed by atoms with Crippen LogP contribution in [0.1, 0.15) is 70.4 Å². The van der Waals surface area contributed by atoms with Crippen LogP contribution >= 0.6 is 0 Å². The number of carboxylic acid groups (broad SMARTS) is 1. The topological polar surface area (TPSA) is 95.9 Å². The van der Waals surface area contributed by atoms with Gasteiger partial charge in [0.25, 0.3) is 0 Å². The number of ether oxygens (including phenoxy) is 1. The van der Waals surface area contributed by atoms with E-state index in [9.17, 15) is 19.5 Å². The van der Waals surface area contributed by atoms with Gasteiger partial charge in [-0.25, -0.2) is 4.79 Å². The first kappa shape index (κ1) is 23.1. The quantitative estimate of drug-likeness (QED) is 0.739. The first-order chi connectivity index (χ1) is 14.6. The highest BCUT2D eigenvalue weighted by molar-refractivity contribution is 5.87. The average Bonchev–Trinajstić information content (AvgIpc) is 2.70. The van der Waals surface area contributed by atoms with Gasteiger partial charge in [0.1, 0.15) is 11.6 Å². The molecule has 0 spiro atoms. The van der Waals surface area contributed by atoms with Crippen molar-refractivity contribution in [1.29, 1.82) is 0 Å². The molecule has 2 aliphatic rings. The van der Waals surface area contributed by atoms with E-state index in [-0.39, 0.29) is 18.2 Å². The molecule has 1 aromatic carbocycles. The van der Waals surface area contributed by atoms with Crippen molar-refractivity contribution in [2.45, 2.75) is 89.9 Å². The summed E-state index contributed by atoms with van der Waals surface area (Å²) in [4.78, 5) is 39.5. The SMILES string of the molecule is CC(C)(C)OC(=O)NC(C(=O)N1Cc2ccccc2C[C@@H]1CC(=O)O)C1CCCCC1. The summed E-state index contributed by atoms with van der Waals surface area (Å²) in [6.45, 7) is 5.71. The van der Waals surface area contributed by atoms with E-state index < -0.39 is 29.7 Å². The normalized spacial score (nSPS) is 20.5. The Morgan fingerprint density at radius 1 is 1.13 bits per heavy atom. The number of rotatable bonds is 5. The van der Waals surface area contributed by atoms with Crippen molar-refractivity contribution in [3.05, 3.63) is 35.4 Å². The van der Waals surface area contributed by atoms with Gasteiger partial charge in [0.2, 0.25) is 5.91 Å². The summed E-state index contributed by atoms with van der Waals surface area (Å²) in [5, 5.41) is 12.3. The van der Waals surface area contributed by atoms with E-state index >= 15 is 0 Å². The van der Waals surface area contributed by atoms with Gasteiger partial charge in [0.05, 0.1) is 6.42 Å². The summed E-state index contributed by atoms with van der Waals surface area (Å²) in [6.07, 6.45) is 4.66. The Kier molecular flexibility index (Phi) is 7.23. The van der Waals surface area contributed by atoms with Crippen LogP contribution in [0.5, 0.6) is 0 Å². The Hall–Kier alpha value is -2.57. The Morgan fingerprint density at radius 3 is 2.39 bits per heavy atom. The molecule has 0 aromatic heterocycles. The minimum absolute atomic E-state index is 0.0245. The molecule has 1 fully saturated rings. The Balaban J connectivity index is 1.86. The van der Waals surface area contributed by atoms with E-state index in [0.29, 0.717) is 13.0 Å². The molecule has 1 heterocycles. The number of hydrogen-bond acceptors (Lipinski definition) is 4. The van der Waals surface area contributed by atoms with Gasteiger partial charge in [-0.05, 0) is 57.1 Å². The number of aliphatic carboxylic acids is 1. The van der Waals surface area contributed by atoms with Crippen LogP contribution in [0.15, 0.2) is 24.3 Å². The maximum absolute atomic E-state index is 13.8. The molecule has 1 aliphatic carbocycles. The molecule has 2 amide bonds. The highest BCUT2D eigenvalue weighted by Gasteiger charge is 2.39. The largest absolute Gasteiger partial charge is 0.481 e. The van der Waals surface area contributed by atoms with E-state index in [1.807, 2.05) is 24.3 Å². The predicted octanol–water partition coefficient (Wildman–Crippen LogP) is 3.89. The van der Waals surface area contributed by atoms with Gasteiger partial charge in [0.15, 0.2) is 0 Å². The highest BCUT2D eigenvalue weighted by Crippen LogP contribution is 2.31. The van der Waals surface area contributed by atoms with E-state index in [1.165, 1.54) is 0 Å². The molecule has 0 saturated heterocycles. The monoisotopic (exact) mass is 430 g/mol. The molecule has 2 atom stereocenters. The maximum Gasteiger partial charge on any atom is 0.408 e. The van der Waals surface area contributed by atoms with Gasteiger partial charge >= 0.3 is 12.1 Å². The third kappa shape index (κ3) is 6.21. The molecule has 1 unspecified atom stereocenters. The molecule has 1 aromatic rings. The minimum atomic E-state index is -0.934. The highest BCUT2D eigenvalue weighted by atomic mass is 16.6. The van der Waals surface area contributed by atoms with Gasteiger partial charge in [-0.2, -0.15) is 0 Å². The van der Waals surface area contributed by atoms with Gasteiger partial charge in [0, 0.05) is 12.6 Å². The summed E-state index contributed by atoms with van der Waals surface area (Å²) >= 11 is 0. The predicted molar refractivity (Wildman–Crippen MR) is 116 cm³/mol. The van der Waals surface area contributed by atoms with Crippen molar-refractivity contribution in [2.24, 2.45) is 5.92 Å². The average molecular weight is 431 g/mol. The fourth-order valence-electron chi connectivity index (χ4n) is 4.69. The van der Waals surface area contributed by atoms with Gasteiger partial charge < -0.3 is 20.1 Å². The van der Waals surface area contributed by atoms with Crippen LogP contribution in [0.3, 0.4) is 0 Å². The smallest absolute Gasteiger partial charge is 0.408 e. The number of carboxylic acids is 1. The zero-order valence-electron chi connectivity index (χ0n) is 18.7. The van der Waals surface area contributed by atoms with Crippen LogP contribution in [-0.2, 0) is 27.3 Å². The van der Waals surface area contributed by atoms with Gasteiger partial charge in [-0.3, -0.25) is 9.59 Å². The molecule has 2 N–H and O–H groups in total. The second-order valence-electron chi connectivity index (χ2n) is 9.71. The molecular formula is C24H34N2O5. The van der Waals surface area contributed by atoms with E-state index in [1.54, 1.807) is 25.7 Å². The molecule has 3 rings (SSSR count). The number of benzene rings is 1. The Labute approximate surface area is 184 Å². The summed E-state index contributed by atoms with van der Waals surface area (Å²) in [7, 11) is 0. The number of amides is 2. The van der Waals surface area contributed by atoms with E-state index in [0.717, 1.165) is 43.2 Å². The lowest BCUT2D eigenvalue weighted by atomic mass is 9.82. The number of fused-ring (bicyclic) bond motifs is 1. The summed E-state index contributed by atoms with van der Waals surface area (Å²) < 4.78 is 5.43. The number of carbonyl (C=O) groups excluding carboxylic acids is 2. The lowest BCUT2D eigenvalue weighted by molar-refractivity contribution is -0.143. The lowest BCUT2D eigenvalue weighted by Crippen LogP contribution is -2.57. The van der Waals surface area contributed by atoms with Gasteiger partial charge in [-0.15, -0.1) is 0 Å². The fraction of sp³-hybridized carbons (Fsp3) is 0.625. The minimum Gasteiger partial charge on any atom is -0.481 e. The second kappa shape index (κ2) is 9.71. The standard InChI is InChI=1S/C24H34N2O5/c1-24(2,3)31-23(30)25-21(16-9-5-4-6-10-16)22(29)26-15-18-12-8-7-11-17(18)13-19(26)14-20(27)28/h7-8,11-12,16,19,21H,4-6,9-10,13-15H2,1-3H3,(H,25,30)(H,27,28)/t19-,21?/m1/s1. The fourth-order valence-corrected chi connectivity index (χ4v) is 4.69. The van der Waals surface area contributed by atoms with Crippen molar-refractivity contribution < 1.29 is 24.2 Å². The third-order valence-corrected chi connectivity index (χ3v) is 6.11. The zero-order chi connectivity index (χ0) is 22.6. The number of nitrogens with one attached hydrogen (secondary N) is 1. The number of hydrogen-bond donors (Lipinski definition) is 2. The van der Waals surface area contributed by atoms with E-state index in [2.05, 4.69) is 5.32 Å². The van der Waals surface area contributed by atoms with Crippen LogP contribution in [0, 0.1) is 5.92 Å². The number of nitrogens with zero attached hydrogens (tertiary/aromatic N) is 1. The Bertz CT molecular complexity index is 810.